The summed E-state index contributed by atoms with van der Waals surface area (Å²) in [7, 11) is 0. The van der Waals surface area contributed by atoms with Crippen molar-refractivity contribution in [3.8, 4) is 23.0 Å². The Kier molecular flexibility index (Phi) is 14.5. The molecule has 4 atom stereocenters. The van der Waals surface area contributed by atoms with Gasteiger partial charge in [0, 0.05) is 10.8 Å². The molecular formula is C56H62O3. The lowest BCUT2D eigenvalue weighted by molar-refractivity contribution is -0.0840. The zero-order chi connectivity index (χ0) is 41.8. The van der Waals surface area contributed by atoms with Gasteiger partial charge in [-0.1, -0.05) is 160 Å². The molecule has 0 radical (unpaired) electrons. The zero-order valence-corrected chi connectivity index (χ0v) is 36.4. The van der Waals surface area contributed by atoms with Crippen LogP contribution in [-0.4, -0.2) is 12.2 Å². The Morgan fingerprint density at radius 1 is 0.458 bits per heavy atom. The van der Waals surface area contributed by atoms with Crippen molar-refractivity contribution in [1.82, 2.24) is 0 Å². The number of allylic oxidation sites excluding steroid dienone is 2. The third-order valence-corrected chi connectivity index (χ3v) is 11.9. The monoisotopic (exact) mass is 782 g/mol. The number of para-hydroxylation sites is 2. The maximum absolute atomic E-state index is 7.88. The first-order valence-corrected chi connectivity index (χ1v) is 21.3. The van der Waals surface area contributed by atoms with E-state index in [0.29, 0.717) is 12.8 Å². The summed E-state index contributed by atoms with van der Waals surface area (Å²) in [6.45, 7) is 18.0. The Bertz CT molecular complexity index is 2120. The average Bonchev–Trinajstić information content (AvgIpc) is 3.23. The van der Waals surface area contributed by atoms with Crippen LogP contribution in [-0.2, 0) is 28.4 Å². The molecule has 0 aliphatic carbocycles. The van der Waals surface area contributed by atoms with Crippen LogP contribution in [0.4, 0.5) is 0 Å². The Balaban J connectivity index is 1.45. The van der Waals surface area contributed by atoms with Gasteiger partial charge in [-0.15, -0.1) is 0 Å². The second-order valence-electron chi connectivity index (χ2n) is 16.9. The molecule has 0 saturated carbocycles. The summed E-state index contributed by atoms with van der Waals surface area (Å²) in [6, 6.07) is 55.3. The minimum atomic E-state index is -0.321. The van der Waals surface area contributed by atoms with Crippen molar-refractivity contribution in [3.05, 3.63) is 202 Å². The van der Waals surface area contributed by atoms with Gasteiger partial charge in [0.2, 0.25) is 0 Å². The molecule has 3 nitrogen and oxygen atoms in total. The van der Waals surface area contributed by atoms with E-state index in [4.69, 9.17) is 14.2 Å². The molecule has 0 aromatic heterocycles. The van der Waals surface area contributed by atoms with Crippen LogP contribution < -0.4 is 9.47 Å². The molecule has 4 unspecified atom stereocenters. The minimum Gasteiger partial charge on any atom is -0.457 e. The summed E-state index contributed by atoms with van der Waals surface area (Å²) < 4.78 is 20.6. The quantitative estimate of drug-likeness (QED) is 0.0869. The Hall–Kier alpha value is -5.64. The van der Waals surface area contributed by atoms with Crippen molar-refractivity contribution >= 4 is 12.2 Å². The third-order valence-electron chi connectivity index (χ3n) is 11.9. The fraction of sp³-hybridized carbons (Fsp3) is 0.286. The number of rotatable bonds is 18. The molecule has 0 aliphatic heterocycles. The second-order valence-corrected chi connectivity index (χ2v) is 16.9. The highest BCUT2D eigenvalue weighted by atomic mass is 16.5. The lowest BCUT2D eigenvalue weighted by atomic mass is 9.70. The van der Waals surface area contributed by atoms with Gasteiger partial charge in [0.15, 0.2) is 0 Å². The van der Waals surface area contributed by atoms with Crippen molar-refractivity contribution in [2.24, 2.45) is 0 Å². The van der Waals surface area contributed by atoms with Crippen LogP contribution in [0.25, 0.3) is 12.2 Å². The molecule has 0 bridgehead atoms. The van der Waals surface area contributed by atoms with E-state index in [0.717, 1.165) is 35.8 Å². The van der Waals surface area contributed by atoms with Gasteiger partial charge in [-0.2, -0.15) is 0 Å². The molecule has 0 saturated heterocycles. The summed E-state index contributed by atoms with van der Waals surface area (Å²) in [5, 5.41) is 0. The van der Waals surface area contributed by atoms with E-state index in [1.54, 1.807) is 0 Å². The molecule has 0 aliphatic rings. The molecule has 0 amide bonds. The zero-order valence-electron chi connectivity index (χ0n) is 36.4. The molecule has 0 heterocycles. The molecule has 6 rings (SSSR count). The molecule has 3 heteroatoms. The van der Waals surface area contributed by atoms with E-state index in [9.17, 15) is 0 Å². The largest absolute Gasteiger partial charge is 0.457 e. The Morgan fingerprint density at radius 2 is 0.814 bits per heavy atom. The molecule has 6 aromatic carbocycles. The van der Waals surface area contributed by atoms with Crippen molar-refractivity contribution in [1.29, 1.82) is 0 Å². The van der Waals surface area contributed by atoms with Crippen molar-refractivity contribution in [2.45, 2.75) is 104 Å². The highest BCUT2D eigenvalue weighted by molar-refractivity contribution is 5.54. The minimum absolute atomic E-state index is 0.182. The summed E-state index contributed by atoms with van der Waals surface area (Å²) in [5.41, 5.74) is 9.23. The molecular weight excluding hydrogens is 721 g/mol. The van der Waals surface area contributed by atoms with E-state index in [-0.39, 0.29) is 23.0 Å². The maximum Gasteiger partial charge on any atom is 0.127 e. The molecule has 304 valence electrons. The van der Waals surface area contributed by atoms with Crippen LogP contribution in [0.15, 0.2) is 169 Å². The van der Waals surface area contributed by atoms with Crippen LogP contribution in [0.1, 0.15) is 102 Å². The summed E-state index contributed by atoms with van der Waals surface area (Å²) in [6.07, 6.45) is 7.32. The van der Waals surface area contributed by atoms with Gasteiger partial charge in [-0.3, -0.25) is 0 Å². The van der Waals surface area contributed by atoms with E-state index >= 15 is 0 Å². The second kappa shape index (κ2) is 19.9. The van der Waals surface area contributed by atoms with Crippen LogP contribution >= 0.6 is 0 Å². The number of hydrogen-bond acceptors (Lipinski definition) is 3. The lowest BCUT2D eigenvalue weighted by Gasteiger charge is -2.45. The summed E-state index contributed by atoms with van der Waals surface area (Å²) >= 11 is 0. The first-order chi connectivity index (χ1) is 28.5. The van der Waals surface area contributed by atoms with E-state index in [2.05, 4.69) is 152 Å². The van der Waals surface area contributed by atoms with E-state index in [1.807, 2.05) is 72.8 Å². The maximum atomic E-state index is 7.88. The van der Waals surface area contributed by atoms with Gasteiger partial charge in [-0.25, -0.2) is 0 Å². The fourth-order valence-electron chi connectivity index (χ4n) is 8.02. The Morgan fingerprint density at radius 3 is 1.15 bits per heavy atom. The van der Waals surface area contributed by atoms with Crippen molar-refractivity contribution < 1.29 is 14.2 Å². The van der Waals surface area contributed by atoms with Crippen LogP contribution in [0.2, 0.25) is 0 Å². The van der Waals surface area contributed by atoms with Crippen LogP contribution in [0, 0.1) is 0 Å². The first-order valence-electron chi connectivity index (χ1n) is 21.3. The topological polar surface area (TPSA) is 27.7 Å². The van der Waals surface area contributed by atoms with Gasteiger partial charge in [0.1, 0.15) is 23.0 Å². The molecule has 59 heavy (non-hydrogen) atoms. The number of benzene rings is 6. The normalized spacial score (nSPS) is 14.2. The molecule has 0 spiro atoms. The van der Waals surface area contributed by atoms with E-state index in [1.165, 1.54) is 44.5 Å². The van der Waals surface area contributed by atoms with Gasteiger partial charge in [-0.05, 0) is 135 Å². The van der Waals surface area contributed by atoms with Crippen molar-refractivity contribution in [3.63, 3.8) is 0 Å². The lowest BCUT2D eigenvalue weighted by Crippen LogP contribution is -2.48. The SMILES string of the molecule is CCC(C)(c1ccc(C=C(C)C)cc1)C(Cc1cccc(Oc2ccccc2)c1)OC(Cc1cccc(Oc2ccccc2)c1)C(C)(CC)c1ccc(C=C(C)C)cc1. The number of ether oxygens (including phenoxy) is 3. The first kappa shape index (κ1) is 43.0. The van der Waals surface area contributed by atoms with Gasteiger partial charge < -0.3 is 14.2 Å². The third kappa shape index (κ3) is 11.3. The summed E-state index contributed by atoms with van der Waals surface area (Å²) in [5.74, 6) is 3.28. The van der Waals surface area contributed by atoms with Gasteiger partial charge in [0.05, 0.1) is 12.2 Å². The van der Waals surface area contributed by atoms with Crippen LogP contribution in [0.3, 0.4) is 0 Å². The average molecular weight is 783 g/mol. The predicted octanol–water partition coefficient (Wildman–Crippen LogP) is 15.4. The number of hydrogen-bond donors (Lipinski definition) is 0. The van der Waals surface area contributed by atoms with Crippen LogP contribution in [0.5, 0.6) is 23.0 Å². The molecule has 6 aromatic rings. The molecule has 0 fully saturated rings. The highest BCUT2D eigenvalue weighted by Crippen LogP contribution is 2.42. The summed E-state index contributed by atoms with van der Waals surface area (Å²) in [4.78, 5) is 0. The van der Waals surface area contributed by atoms with Gasteiger partial charge >= 0.3 is 0 Å². The molecule has 0 N–H and O–H groups in total. The highest BCUT2D eigenvalue weighted by Gasteiger charge is 2.42. The fourth-order valence-corrected chi connectivity index (χ4v) is 8.02. The standard InChI is InChI=1S/C56H62O3/c1-9-55(7,47-31-27-43(28-32-47)35-41(3)4)53(39-45-19-17-25-51(37-45)57-49-21-13-11-14-22-49)59-54(56(8,10-2)48-33-29-44(30-34-48)36-42(5)6)40-46-20-18-26-52(38-46)58-50-23-15-12-16-24-50/h11-38,53-54H,9-10,39-40H2,1-8H3. The van der Waals surface area contributed by atoms with Crippen molar-refractivity contribution in [2.75, 3.05) is 0 Å². The van der Waals surface area contributed by atoms with E-state index < -0.39 is 0 Å². The predicted molar refractivity (Wildman–Crippen MR) is 249 cm³/mol. The van der Waals surface area contributed by atoms with Gasteiger partial charge in [0.25, 0.3) is 0 Å². The smallest absolute Gasteiger partial charge is 0.127 e. The Labute approximate surface area is 354 Å².